The summed E-state index contributed by atoms with van der Waals surface area (Å²) >= 11 is 8.46. The van der Waals surface area contributed by atoms with E-state index in [0.29, 0.717) is 94.1 Å². The number of ether oxygens (including phenoxy) is 10. The number of methoxy groups -OCH3 is 1. The number of aromatic nitrogens is 6. The van der Waals surface area contributed by atoms with Crippen LogP contribution in [0.3, 0.4) is 0 Å². The van der Waals surface area contributed by atoms with E-state index in [-0.39, 0.29) is 113 Å². The lowest BCUT2D eigenvalue weighted by molar-refractivity contribution is -0.134. The molecule has 3 aromatic heterocycles. The molecule has 2 saturated heterocycles. The Morgan fingerprint density at radius 2 is 1.34 bits per heavy atom. The molecule has 11 rings (SSSR count). The Bertz CT molecular complexity index is 5130. The first-order valence-electron chi connectivity index (χ1n) is 41.0. The molecule has 3 fully saturated rings. The minimum Gasteiger partial charge on any atom is -0.474 e. The predicted octanol–water partition coefficient (Wildman–Crippen LogP) is 5.99. The Kier molecular flexibility index (Phi) is 37.1. The maximum atomic E-state index is 14.1. The average Bonchev–Trinajstić information content (AvgIpc) is 1.61. The summed E-state index contributed by atoms with van der Waals surface area (Å²) < 4.78 is 108. The average molecular weight is 1840 g/mol. The molecule has 44 heteroatoms. The molecular formula is C83H104N14O26P2S2. The van der Waals surface area contributed by atoms with Gasteiger partial charge in [0.15, 0.2) is 17.4 Å². The van der Waals surface area contributed by atoms with Gasteiger partial charge in [0, 0.05) is 87.1 Å². The first kappa shape index (κ1) is 97.5. The number of aromatic amines is 1. The Morgan fingerprint density at radius 1 is 0.693 bits per heavy atom. The van der Waals surface area contributed by atoms with Crippen molar-refractivity contribution in [3.05, 3.63) is 166 Å². The van der Waals surface area contributed by atoms with Crippen molar-refractivity contribution in [2.75, 3.05) is 135 Å². The Labute approximate surface area is 742 Å². The second-order valence-corrected chi connectivity index (χ2v) is 35.7. The van der Waals surface area contributed by atoms with Crippen molar-refractivity contribution in [3.63, 3.8) is 0 Å². The van der Waals surface area contributed by atoms with Crippen molar-refractivity contribution >= 4 is 114 Å². The van der Waals surface area contributed by atoms with Gasteiger partial charge >= 0.3 is 19.7 Å². The third-order valence-corrected chi connectivity index (χ3v) is 23.5. The highest BCUT2D eigenvalue weighted by molar-refractivity contribution is 8.44. The van der Waals surface area contributed by atoms with Crippen LogP contribution >= 0.6 is 38.1 Å². The van der Waals surface area contributed by atoms with Gasteiger partial charge in [-0.05, 0) is 72.4 Å². The number of amides is 8. The minimum absolute atomic E-state index is 0.0292. The number of hydrogen-bond donors (Lipinski definition) is 10. The zero-order valence-corrected chi connectivity index (χ0v) is 74.0. The van der Waals surface area contributed by atoms with Gasteiger partial charge in [-0.1, -0.05) is 111 Å². The van der Waals surface area contributed by atoms with Gasteiger partial charge in [0.1, 0.15) is 55.5 Å². The number of fused-ring (bicyclic) bond motifs is 6. The van der Waals surface area contributed by atoms with Gasteiger partial charge in [0.05, 0.1) is 130 Å². The molecule has 40 nitrogen and oxygen atoms in total. The van der Waals surface area contributed by atoms with Crippen molar-refractivity contribution in [3.8, 4) is 17.7 Å². The van der Waals surface area contributed by atoms with E-state index in [2.05, 4.69) is 93.2 Å². The molecule has 0 radical (unpaired) electrons. The number of imidazole rings is 1. The molecule has 6 heterocycles. The van der Waals surface area contributed by atoms with Crippen molar-refractivity contribution in [2.45, 2.75) is 127 Å². The standard InChI is InChI=1S/C83H104N14O26P2S2/c1-52(2)71(91-68(99)44-63(78(104)85-28-29-111-32-33-113-36-37-115-40-41-116-39-38-114-35-34-112-31-30-110-5)90-67(98)24-25-70(100)96-46-57-14-7-6-12-55(57)20-21-56-13-9-11-17-64(56)96)79(105)88-53(3)76(102)89-60-22-18-54(19-23-60)47-117-83(107)95(4)45-58-15-8-10-16-62(58)77(103)93-82-92-75-72(80(106)94-82)87-51-97(75)81-74-73(101)66(121-81)49-119-124(108,126)122-65-43-61(120-69-26-27-84-50-86-69)42-59(65)48-118-125(109,127)123-74/h6-19,22-23,26-27,50-53,59,61,63,65-66,71,73-74,81,101H,24-25,28-49H2,1-5H3,(H,85,104)(H,88,105)(H,89,102)(H,90,98)(H,91,99)(H,108,126)(H,109,127)(H2,92,93,94,103,106)/t53-,59+,61+,63-,65-,66-,71-,73+,74+,81+,124+,125+/m0/s1. The summed E-state index contributed by atoms with van der Waals surface area (Å²) in [4.78, 5) is 147. The predicted molar refractivity (Wildman–Crippen MR) is 463 cm³/mol. The lowest BCUT2D eigenvalue weighted by Gasteiger charge is -2.26. The highest BCUT2D eigenvalue weighted by Gasteiger charge is 2.51. The highest BCUT2D eigenvalue weighted by Crippen LogP contribution is 2.60. The third kappa shape index (κ3) is 29.4. The molecule has 127 heavy (non-hydrogen) atoms. The third-order valence-electron chi connectivity index (χ3n) is 20.3. The van der Waals surface area contributed by atoms with Crippen LogP contribution in [0.1, 0.15) is 97.3 Å². The van der Waals surface area contributed by atoms with E-state index < -0.39 is 140 Å². The van der Waals surface area contributed by atoms with E-state index in [1.165, 1.54) is 42.0 Å². The lowest BCUT2D eigenvalue weighted by Crippen LogP contribution is -2.55. The van der Waals surface area contributed by atoms with Crippen LogP contribution in [0.15, 0.2) is 127 Å². The van der Waals surface area contributed by atoms with Crippen LogP contribution in [0.5, 0.6) is 5.88 Å². The first-order valence-corrected chi connectivity index (χ1v) is 46.4. The van der Waals surface area contributed by atoms with Crippen molar-refractivity contribution in [1.29, 1.82) is 0 Å². The molecular weight excluding hydrogens is 1740 g/mol. The smallest absolute Gasteiger partial charge is 0.410 e. The van der Waals surface area contributed by atoms with E-state index in [1.807, 2.05) is 30.3 Å². The largest absolute Gasteiger partial charge is 0.474 e. The fourth-order valence-corrected chi connectivity index (χ4v) is 16.8. The van der Waals surface area contributed by atoms with Gasteiger partial charge < -0.3 is 93.4 Å². The minimum atomic E-state index is -4.41. The lowest BCUT2D eigenvalue weighted by atomic mass is 10.0. The monoisotopic (exact) mass is 1840 g/mol. The molecule has 12 atom stereocenters. The van der Waals surface area contributed by atoms with Crippen LogP contribution in [-0.2, 0) is 118 Å². The summed E-state index contributed by atoms with van der Waals surface area (Å²) in [5, 5.41) is 27.6. The van der Waals surface area contributed by atoms with Gasteiger partial charge in [-0.3, -0.25) is 66.8 Å². The number of anilines is 3. The molecule has 0 spiro atoms. The maximum absolute atomic E-state index is 14.1. The second-order valence-electron chi connectivity index (χ2n) is 30.0. The summed E-state index contributed by atoms with van der Waals surface area (Å²) in [5.41, 5.74) is 2.69. The molecule has 1 aliphatic carbocycles. The number of thiol groups is 2. The molecule has 0 unspecified atom stereocenters. The van der Waals surface area contributed by atoms with Gasteiger partial charge in [-0.2, -0.15) is 4.98 Å². The number of benzene rings is 4. The number of nitrogens with one attached hydrogen (secondary N) is 7. The Morgan fingerprint density at radius 3 is 2.03 bits per heavy atom. The summed E-state index contributed by atoms with van der Waals surface area (Å²) in [6.45, 7) is -0.400. The van der Waals surface area contributed by atoms with E-state index >= 15 is 0 Å². The Balaban J connectivity index is 0.633. The van der Waals surface area contributed by atoms with Crippen LogP contribution in [0.2, 0.25) is 0 Å². The van der Waals surface area contributed by atoms with Crippen molar-refractivity contribution in [2.24, 2.45) is 11.8 Å². The number of aliphatic hydroxyl groups is 1. The van der Waals surface area contributed by atoms with Gasteiger partial charge in [-0.15, -0.1) is 0 Å². The zero-order chi connectivity index (χ0) is 90.4. The first-order chi connectivity index (χ1) is 61.2. The molecule has 7 aromatic rings. The summed E-state index contributed by atoms with van der Waals surface area (Å²) in [6.07, 6.45) is -5.12. The molecule has 2 bridgehead atoms. The van der Waals surface area contributed by atoms with Gasteiger partial charge in [0.2, 0.25) is 47.3 Å². The van der Waals surface area contributed by atoms with Gasteiger partial charge in [0.25, 0.3) is 11.5 Å². The maximum Gasteiger partial charge on any atom is 0.410 e. The molecule has 4 aliphatic rings. The fourth-order valence-electron chi connectivity index (χ4n) is 13.7. The second kappa shape index (κ2) is 48.3. The fraction of sp³-hybridized carbons (Fsp3) is 0.482. The number of rotatable bonds is 43. The number of aliphatic hydroxyl groups excluding tert-OH is 1. The van der Waals surface area contributed by atoms with Crippen LogP contribution in [0.25, 0.3) is 11.2 Å². The van der Waals surface area contributed by atoms with Crippen LogP contribution in [-0.4, -0.2) is 255 Å². The number of carbonyl (C=O) groups is 8. The van der Waals surface area contributed by atoms with E-state index in [4.69, 9.17) is 65.5 Å². The normalized spacial score (nSPS) is 20.9. The number of hydrogen-bond acceptors (Lipinski definition) is 30. The summed E-state index contributed by atoms with van der Waals surface area (Å²) in [6, 6.07) is 24.8. The van der Waals surface area contributed by atoms with Crippen LogP contribution < -0.4 is 47.1 Å². The molecule has 3 aliphatic heterocycles. The topological polar surface area (TPSA) is 488 Å². The number of H-pyrrole nitrogens is 1. The molecule has 1 saturated carbocycles. The molecule has 8 amide bonds. The van der Waals surface area contributed by atoms with E-state index in [9.17, 15) is 57.4 Å². The van der Waals surface area contributed by atoms with Crippen molar-refractivity contribution < 1.29 is 118 Å². The summed E-state index contributed by atoms with van der Waals surface area (Å²) in [5.74, 6) is 0.291. The number of nitrogens with zero attached hydrogens (tertiary/aromatic N) is 7. The molecule has 684 valence electrons. The zero-order valence-electron chi connectivity index (χ0n) is 70.4. The molecule has 8 N–H and O–H groups in total. The number of para-hydroxylation sites is 1. The van der Waals surface area contributed by atoms with Crippen molar-refractivity contribution in [1.82, 2.24) is 55.7 Å². The number of carbonyl (C=O) groups excluding carboxylic acids is 8. The van der Waals surface area contributed by atoms with E-state index in [0.717, 1.165) is 17.5 Å². The molecule has 4 aromatic carbocycles. The van der Waals surface area contributed by atoms with Crippen LogP contribution in [0, 0.1) is 23.7 Å². The Hall–Kier alpha value is -10.1. The highest BCUT2D eigenvalue weighted by atomic mass is 32.7. The SMILES string of the molecule is COCCOCCOCCOCCOCCOCCOCCNC(=O)[C@H](CC(=O)N[C@H](C(=O)N[C@@H](C)C(=O)Nc1ccc(COC(=O)N(C)Cc2ccccc2C(=O)Nc2nc3c(ncn3[C@@H]3O[C@H]4CO[P@@](=O)(S)O[C@H]5C[C@H](Oc6ccncn6)C[C@@H]5CO[P@@](=O)(S)O[C@@H]3[C@@H]4O)c(=O)[nH]2)cc1)C(C)C)NC(=O)CCC(=O)N1Cc2ccccc2C#Cc2ccccc21. The summed E-state index contributed by atoms with van der Waals surface area (Å²) in [7, 11) is 3.05. The quantitative estimate of drug-likeness (QED) is 0.00908. The van der Waals surface area contributed by atoms with Crippen LogP contribution in [0.4, 0.5) is 22.1 Å². The van der Waals surface area contributed by atoms with Gasteiger partial charge in [-0.25, -0.2) is 28.9 Å². The van der Waals surface area contributed by atoms with E-state index in [1.54, 1.807) is 92.6 Å².